The average molecular weight is 263 g/mol. The van der Waals surface area contributed by atoms with Gasteiger partial charge in [0.15, 0.2) is 0 Å². The third-order valence-corrected chi connectivity index (χ3v) is 3.75. The number of aromatic nitrogens is 1. The number of carbonyl (C=O) groups excluding carboxylic acids is 1. The van der Waals surface area contributed by atoms with Crippen molar-refractivity contribution >= 4 is 5.91 Å². The summed E-state index contributed by atoms with van der Waals surface area (Å²) in [6.07, 6.45) is 3.66. The van der Waals surface area contributed by atoms with Crippen LogP contribution in [0, 0.1) is 0 Å². The van der Waals surface area contributed by atoms with Gasteiger partial charge in [-0.3, -0.25) is 9.59 Å². The molecule has 0 N–H and O–H groups in total. The Morgan fingerprint density at radius 2 is 2.00 bits per heavy atom. The van der Waals surface area contributed by atoms with E-state index in [0.29, 0.717) is 6.04 Å². The highest BCUT2D eigenvalue weighted by Crippen LogP contribution is 2.14. The molecule has 19 heavy (non-hydrogen) atoms. The Labute approximate surface area is 113 Å². The summed E-state index contributed by atoms with van der Waals surface area (Å²) in [5.74, 6) is 0.0329. The molecular formula is C14H21N3O2. The average Bonchev–Trinajstić information content (AvgIpc) is 2.41. The van der Waals surface area contributed by atoms with Crippen molar-refractivity contribution in [2.45, 2.75) is 25.4 Å². The van der Waals surface area contributed by atoms with E-state index in [0.717, 1.165) is 25.9 Å². The molecule has 0 atom stereocenters. The number of likely N-dealkylation sites (tertiary alicyclic amines) is 1. The van der Waals surface area contributed by atoms with Crippen LogP contribution in [-0.4, -0.2) is 53.5 Å². The first-order valence-electron chi connectivity index (χ1n) is 6.67. The van der Waals surface area contributed by atoms with Gasteiger partial charge in [0.25, 0.3) is 5.56 Å². The molecule has 0 bridgehead atoms. The number of hydrogen-bond acceptors (Lipinski definition) is 3. The molecule has 1 saturated heterocycles. The van der Waals surface area contributed by atoms with Gasteiger partial charge in [-0.15, -0.1) is 0 Å². The maximum Gasteiger partial charge on any atom is 0.250 e. The lowest BCUT2D eigenvalue weighted by Gasteiger charge is -2.35. The summed E-state index contributed by atoms with van der Waals surface area (Å²) in [6.45, 7) is 1.71. The normalized spacial score (nSPS) is 16.9. The van der Waals surface area contributed by atoms with Crippen molar-refractivity contribution in [2.24, 2.45) is 0 Å². The second-order valence-electron chi connectivity index (χ2n) is 5.24. The van der Waals surface area contributed by atoms with Crippen molar-refractivity contribution in [1.82, 2.24) is 14.4 Å². The van der Waals surface area contributed by atoms with E-state index >= 15 is 0 Å². The number of amides is 1. The van der Waals surface area contributed by atoms with E-state index in [1.807, 2.05) is 4.90 Å². The molecule has 1 amide bonds. The summed E-state index contributed by atoms with van der Waals surface area (Å²) >= 11 is 0. The zero-order chi connectivity index (χ0) is 13.8. The van der Waals surface area contributed by atoms with Crippen LogP contribution in [0.25, 0.3) is 0 Å². The van der Waals surface area contributed by atoms with Gasteiger partial charge in [-0.1, -0.05) is 6.07 Å². The monoisotopic (exact) mass is 263 g/mol. The number of carbonyl (C=O) groups is 1. The lowest BCUT2D eigenvalue weighted by Crippen LogP contribution is -2.46. The van der Waals surface area contributed by atoms with E-state index in [1.54, 1.807) is 18.3 Å². The van der Waals surface area contributed by atoms with Crippen LogP contribution in [0.2, 0.25) is 0 Å². The van der Waals surface area contributed by atoms with E-state index in [1.165, 1.54) is 10.6 Å². The Morgan fingerprint density at radius 3 is 2.58 bits per heavy atom. The molecule has 0 spiro atoms. The molecule has 1 fully saturated rings. The molecule has 0 radical (unpaired) electrons. The van der Waals surface area contributed by atoms with Crippen LogP contribution >= 0.6 is 0 Å². The molecule has 0 unspecified atom stereocenters. The minimum Gasteiger partial charge on any atom is -0.341 e. The van der Waals surface area contributed by atoms with Gasteiger partial charge < -0.3 is 14.4 Å². The predicted molar refractivity (Wildman–Crippen MR) is 74.0 cm³/mol. The second-order valence-corrected chi connectivity index (χ2v) is 5.24. The van der Waals surface area contributed by atoms with Crippen molar-refractivity contribution < 1.29 is 4.79 Å². The van der Waals surface area contributed by atoms with Gasteiger partial charge >= 0.3 is 0 Å². The molecule has 5 heteroatoms. The van der Waals surface area contributed by atoms with Gasteiger partial charge in [-0.05, 0) is 33.0 Å². The Bertz CT molecular complexity index is 487. The van der Waals surface area contributed by atoms with Crippen molar-refractivity contribution in [3.63, 3.8) is 0 Å². The highest BCUT2D eigenvalue weighted by molar-refractivity contribution is 5.76. The number of nitrogens with zero attached hydrogens (tertiary/aromatic N) is 3. The molecule has 1 aliphatic heterocycles. The first-order valence-corrected chi connectivity index (χ1v) is 6.67. The summed E-state index contributed by atoms with van der Waals surface area (Å²) in [4.78, 5) is 27.8. The molecule has 1 aliphatic rings. The lowest BCUT2D eigenvalue weighted by molar-refractivity contribution is -0.133. The van der Waals surface area contributed by atoms with Gasteiger partial charge in [-0.2, -0.15) is 0 Å². The standard InChI is InChI=1S/C14H21N3O2/c1-15(2)12-6-9-16(10-7-12)14(19)11-17-8-4-3-5-13(17)18/h3-5,8,12H,6-7,9-11H2,1-2H3. The number of piperidine rings is 1. The molecule has 0 saturated carbocycles. The largest absolute Gasteiger partial charge is 0.341 e. The highest BCUT2D eigenvalue weighted by atomic mass is 16.2. The van der Waals surface area contributed by atoms with E-state index < -0.39 is 0 Å². The zero-order valence-electron chi connectivity index (χ0n) is 11.6. The molecule has 2 rings (SSSR count). The van der Waals surface area contributed by atoms with Gasteiger partial charge in [0.2, 0.25) is 5.91 Å². The van der Waals surface area contributed by atoms with Crippen LogP contribution in [0.4, 0.5) is 0 Å². The minimum absolute atomic E-state index is 0.0329. The van der Waals surface area contributed by atoms with Crippen molar-refractivity contribution in [1.29, 1.82) is 0 Å². The van der Waals surface area contributed by atoms with Crippen LogP contribution in [0.15, 0.2) is 29.2 Å². The maximum absolute atomic E-state index is 12.1. The van der Waals surface area contributed by atoms with Crippen LogP contribution in [0.1, 0.15) is 12.8 Å². The Balaban J connectivity index is 1.92. The fourth-order valence-electron chi connectivity index (χ4n) is 2.47. The predicted octanol–water partition coefficient (Wildman–Crippen LogP) is 0.401. The Morgan fingerprint density at radius 1 is 1.32 bits per heavy atom. The van der Waals surface area contributed by atoms with E-state index in [2.05, 4.69) is 19.0 Å². The van der Waals surface area contributed by atoms with Crippen LogP contribution in [-0.2, 0) is 11.3 Å². The fraction of sp³-hybridized carbons (Fsp3) is 0.571. The van der Waals surface area contributed by atoms with Crippen molar-refractivity contribution in [3.05, 3.63) is 34.7 Å². The van der Waals surface area contributed by atoms with Crippen LogP contribution < -0.4 is 5.56 Å². The first-order chi connectivity index (χ1) is 9.08. The molecule has 5 nitrogen and oxygen atoms in total. The molecule has 1 aromatic heterocycles. The van der Waals surface area contributed by atoms with Gasteiger partial charge in [0.1, 0.15) is 6.54 Å². The number of hydrogen-bond donors (Lipinski definition) is 0. The molecular weight excluding hydrogens is 242 g/mol. The third-order valence-electron chi connectivity index (χ3n) is 3.75. The molecule has 104 valence electrons. The van der Waals surface area contributed by atoms with Crippen molar-refractivity contribution in [3.8, 4) is 0 Å². The molecule has 1 aromatic rings. The minimum atomic E-state index is -0.126. The van der Waals surface area contributed by atoms with Crippen molar-refractivity contribution in [2.75, 3.05) is 27.2 Å². The van der Waals surface area contributed by atoms with E-state index in [4.69, 9.17) is 0 Å². The number of rotatable bonds is 3. The second kappa shape index (κ2) is 6.02. The SMILES string of the molecule is CN(C)C1CCN(C(=O)Cn2ccccc2=O)CC1. The summed E-state index contributed by atoms with van der Waals surface area (Å²) in [5.41, 5.74) is -0.126. The quantitative estimate of drug-likeness (QED) is 0.793. The summed E-state index contributed by atoms with van der Waals surface area (Å²) in [7, 11) is 4.15. The van der Waals surface area contributed by atoms with Crippen LogP contribution in [0.5, 0.6) is 0 Å². The Hall–Kier alpha value is -1.62. The molecule has 2 heterocycles. The van der Waals surface area contributed by atoms with Gasteiger partial charge in [0, 0.05) is 31.4 Å². The summed E-state index contributed by atoms with van der Waals surface area (Å²) in [6, 6.07) is 5.49. The summed E-state index contributed by atoms with van der Waals surface area (Å²) < 4.78 is 1.46. The first kappa shape index (κ1) is 13.8. The van der Waals surface area contributed by atoms with Gasteiger partial charge in [-0.25, -0.2) is 0 Å². The molecule has 0 aliphatic carbocycles. The molecule has 0 aromatic carbocycles. The smallest absolute Gasteiger partial charge is 0.250 e. The fourth-order valence-corrected chi connectivity index (χ4v) is 2.47. The lowest BCUT2D eigenvalue weighted by atomic mass is 10.0. The topological polar surface area (TPSA) is 45.5 Å². The maximum atomic E-state index is 12.1. The third kappa shape index (κ3) is 3.44. The highest BCUT2D eigenvalue weighted by Gasteiger charge is 2.23. The van der Waals surface area contributed by atoms with E-state index in [9.17, 15) is 9.59 Å². The van der Waals surface area contributed by atoms with Crippen LogP contribution in [0.3, 0.4) is 0 Å². The zero-order valence-corrected chi connectivity index (χ0v) is 11.6. The Kier molecular flexibility index (Phi) is 4.37. The van der Waals surface area contributed by atoms with Gasteiger partial charge in [0.05, 0.1) is 0 Å². The van der Waals surface area contributed by atoms with E-state index in [-0.39, 0.29) is 18.0 Å². The summed E-state index contributed by atoms with van der Waals surface area (Å²) in [5, 5.41) is 0. The number of pyridine rings is 1.